The summed E-state index contributed by atoms with van der Waals surface area (Å²) in [4.78, 5) is 35.8. The van der Waals surface area contributed by atoms with Crippen molar-refractivity contribution >= 4 is 18.0 Å². The Morgan fingerprint density at radius 2 is 2.13 bits per heavy atom. The van der Waals surface area contributed by atoms with Gasteiger partial charge in [0.05, 0.1) is 12.1 Å². The highest BCUT2D eigenvalue weighted by molar-refractivity contribution is 5.95. The summed E-state index contributed by atoms with van der Waals surface area (Å²) in [7, 11) is 0. The van der Waals surface area contributed by atoms with Gasteiger partial charge in [0.15, 0.2) is 12.1 Å². The molecule has 0 saturated heterocycles. The van der Waals surface area contributed by atoms with E-state index in [9.17, 15) is 14.4 Å². The Hall–Kier alpha value is -2.04. The largest absolute Gasteiger partial charge is 0.481 e. The molecule has 0 aliphatic heterocycles. The molecule has 1 aromatic heterocycles. The second-order valence-electron chi connectivity index (χ2n) is 3.02. The van der Waals surface area contributed by atoms with Crippen molar-refractivity contribution in [1.82, 2.24) is 4.98 Å². The van der Waals surface area contributed by atoms with Gasteiger partial charge in [-0.15, -0.1) is 0 Å². The van der Waals surface area contributed by atoms with Gasteiger partial charge in [-0.05, 0) is 19.1 Å². The highest BCUT2D eigenvalue weighted by atomic mass is 16.4. The molecule has 0 radical (unpaired) electrons. The topological polar surface area (TPSA) is 84.3 Å². The number of carboxylic acids is 1. The zero-order chi connectivity index (χ0) is 11.4. The molecule has 0 unspecified atom stereocenters. The third kappa shape index (κ3) is 2.98. The summed E-state index contributed by atoms with van der Waals surface area (Å²) < 4.78 is 0. The van der Waals surface area contributed by atoms with Crippen LogP contribution < -0.4 is 0 Å². The van der Waals surface area contributed by atoms with Crippen LogP contribution in [0.5, 0.6) is 0 Å². The van der Waals surface area contributed by atoms with Crippen LogP contribution in [0.3, 0.4) is 0 Å². The molecule has 1 N–H and O–H groups in total. The maximum Gasteiger partial charge on any atom is 0.309 e. The number of nitrogens with zero attached hydrogens (tertiary/aromatic N) is 1. The van der Waals surface area contributed by atoms with Crippen LogP contribution in [-0.4, -0.2) is 28.1 Å². The minimum absolute atomic E-state index is 0.0685. The van der Waals surface area contributed by atoms with Crippen molar-refractivity contribution in [3.8, 4) is 0 Å². The number of Topliss-reactive ketones (excluding diaryl/α,β-unsaturated/α-hetero) is 1. The van der Waals surface area contributed by atoms with Crippen molar-refractivity contribution in [3.05, 3.63) is 29.1 Å². The van der Waals surface area contributed by atoms with E-state index in [-0.39, 0.29) is 23.6 Å². The van der Waals surface area contributed by atoms with E-state index in [2.05, 4.69) is 4.98 Å². The molecule has 78 valence electrons. The zero-order valence-corrected chi connectivity index (χ0v) is 8.06. The van der Waals surface area contributed by atoms with Crippen LogP contribution in [0, 0.1) is 0 Å². The Morgan fingerprint density at radius 3 is 2.60 bits per heavy atom. The van der Waals surface area contributed by atoms with E-state index < -0.39 is 5.97 Å². The van der Waals surface area contributed by atoms with Crippen LogP contribution in [-0.2, 0) is 11.2 Å². The molecule has 0 amide bonds. The first-order valence-electron chi connectivity index (χ1n) is 4.22. The van der Waals surface area contributed by atoms with Crippen LogP contribution in [0.2, 0.25) is 0 Å². The monoisotopic (exact) mass is 207 g/mol. The second-order valence-corrected chi connectivity index (χ2v) is 3.02. The van der Waals surface area contributed by atoms with E-state index in [0.29, 0.717) is 11.8 Å². The molecule has 5 nitrogen and oxygen atoms in total. The quantitative estimate of drug-likeness (QED) is 0.581. The number of aromatic nitrogens is 1. The van der Waals surface area contributed by atoms with E-state index in [0.717, 1.165) is 0 Å². The molecule has 0 spiro atoms. The lowest BCUT2D eigenvalue weighted by molar-refractivity contribution is -0.136. The van der Waals surface area contributed by atoms with Crippen LogP contribution >= 0.6 is 0 Å². The molecular formula is C10H9NO4. The first-order chi connectivity index (χ1) is 7.02. The number of carbonyl (C=O) groups excluding carboxylic acids is 2. The maximum absolute atomic E-state index is 11.1. The fourth-order valence-electron chi connectivity index (χ4n) is 1.12. The summed E-state index contributed by atoms with van der Waals surface area (Å²) in [5.41, 5.74) is 0.569. The average molecular weight is 207 g/mol. The lowest BCUT2D eigenvalue weighted by Crippen LogP contribution is -2.06. The number of ketones is 1. The van der Waals surface area contributed by atoms with Gasteiger partial charge in [-0.2, -0.15) is 0 Å². The van der Waals surface area contributed by atoms with E-state index in [4.69, 9.17) is 5.11 Å². The highest BCUT2D eigenvalue weighted by Gasteiger charge is 2.08. The Bertz CT molecular complexity index is 425. The molecule has 0 saturated carbocycles. The fourth-order valence-corrected chi connectivity index (χ4v) is 1.12. The maximum atomic E-state index is 11.1. The zero-order valence-electron chi connectivity index (χ0n) is 8.06. The van der Waals surface area contributed by atoms with Crippen molar-refractivity contribution in [3.63, 3.8) is 0 Å². The third-order valence-corrected chi connectivity index (χ3v) is 1.76. The number of rotatable bonds is 4. The third-order valence-electron chi connectivity index (χ3n) is 1.76. The first kappa shape index (κ1) is 11.0. The van der Waals surface area contributed by atoms with Gasteiger partial charge in [-0.3, -0.25) is 14.4 Å². The van der Waals surface area contributed by atoms with E-state index in [1.54, 1.807) is 0 Å². The fraction of sp³-hybridized carbons (Fsp3) is 0.200. The average Bonchev–Trinajstić information content (AvgIpc) is 2.16. The van der Waals surface area contributed by atoms with Gasteiger partial charge in [0.1, 0.15) is 5.69 Å². The van der Waals surface area contributed by atoms with Crippen LogP contribution in [0.4, 0.5) is 0 Å². The SMILES string of the molecule is CC(=O)c1cc(C=O)nc(CC(=O)O)c1. The molecule has 0 aromatic carbocycles. The minimum Gasteiger partial charge on any atom is -0.481 e. The number of aldehydes is 1. The Labute approximate surface area is 85.8 Å². The van der Waals surface area contributed by atoms with Gasteiger partial charge in [-0.1, -0.05) is 0 Å². The smallest absolute Gasteiger partial charge is 0.309 e. The van der Waals surface area contributed by atoms with E-state index in [1.165, 1.54) is 19.1 Å². The molecular weight excluding hydrogens is 198 g/mol. The molecule has 1 heterocycles. The van der Waals surface area contributed by atoms with Crippen molar-refractivity contribution in [2.75, 3.05) is 0 Å². The minimum atomic E-state index is -1.06. The number of carboxylic acid groups (broad SMARTS) is 1. The van der Waals surface area contributed by atoms with Crippen LogP contribution in [0.1, 0.15) is 33.5 Å². The summed E-state index contributed by atoms with van der Waals surface area (Å²) >= 11 is 0. The van der Waals surface area contributed by atoms with Crippen molar-refractivity contribution in [2.45, 2.75) is 13.3 Å². The van der Waals surface area contributed by atoms with Crippen LogP contribution in [0.15, 0.2) is 12.1 Å². The molecule has 0 atom stereocenters. The van der Waals surface area contributed by atoms with Gasteiger partial charge in [0, 0.05) is 5.56 Å². The summed E-state index contributed by atoms with van der Waals surface area (Å²) in [6.07, 6.45) is 0.180. The number of carbonyl (C=O) groups is 3. The van der Waals surface area contributed by atoms with Gasteiger partial charge in [-0.25, -0.2) is 4.98 Å². The Balaban J connectivity index is 3.16. The van der Waals surface area contributed by atoms with Gasteiger partial charge in [0.25, 0.3) is 0 Å². The molecule has 1 rings (SSSR count). The van der Waals surface area contributed by atoms with Gasteiger partial charge in [0.2, 0.25) is 0 Å². The summed E-state index contributed by atoms with van der Waals surface area (Å²) in [6, 6.07) is 2.71. The molecule has 0 fully saturated rings. The Kier molecular flexibility index (Phi) is 3.28. The number of pyridine rings is 1. The molecule has 0 aliphatic carbocycles. The van der Waals surface area contributed by atoms with Crippen molar-refractivity contribution in [2.24, 2.45) is 0 Å². The number of aliphatic carboxylic acids is 1. The van der Waals surface area contributed by atoms with Crippen molar-refractivity contribution < 1.29 is 19.5 Å². The lowest BCUT2D eigenvalue weighted by atomic mass is 10.1. The molecule has 5 heteroatoms. The first-order valence-corrected chi connectivity index (χ1v) is 4.22. The molecule has 0 bridgehead atoms. The standard InChI is InChI=1S/C10H9NO4/c1-6(13)7-2-8(4-10(14)15)11-9(3-7)5-12/h2-3,5H,4H2,1H3,(H,14,15). The lowest BCUT2D eigenvalue weighted by Gasteiger charge is -2.01. The predicted molar refractivity (Wildman–Crippen MR) is 51.0 cm³/mol. The summed E-state index contributed by atoms with van der Waals surface area (Å²) in [5.74, 6) is -1.29. The van der Waals surface area contributed by atoms with Gasteiger partial charge >= 0.3 is 5.97 Å². The normalized spacial score (nSPS) is 9.67. The second kappa shape index (κ2) is 4.45. The summed E-state index contributed by atoms with van der Waals surface area (Å²) in [5, 5.41) is 8.55. The summed E-state index contributed by atoms with van der Waals surface area (Å²) in [6.45, 7) is 1.34. The number of hydrogen-bond acceptors (Lipinski definition) is 4. The molecule has 15 heavy (non-hydrogen) atoms. The molecule has 0 aliphatic rings. The van der Waals surface area contributed by atoms with E-state index >= 15 is 0 Å². The Morgan fingerprint density at radius 1 is 1.47 bits per heavy atom. The van der Waals surface area contributed by atoms with Gasteiger partial charge < -0.3 is 5.11 Å². The molecule has 1 aromatic rings. The predicted octanol–water partition coefficient (Wildman–Crippen LogP) is 0.724. The highest BCUT2D eigenvalue weighted by Crippen LogP contribution is 2.06. The van der Waals surface area contributed by atoms with Crippen molar-refractivity contribution in [1.29, 1.82) is 0 Å². The van der Waals surface area contributed by atoms with E-state index in [1.807, 2.05) is 0 Å². The van der Waals surface area contributed by atoms with Crippen LogP contribution in [0.25, 0.3) is 0 Å². The number of hydrogen-bond donors (Lipinski definition) is 1.